The number of benzene rings is 2. The molecule has 2 heterocycles. The Hall–Kier alpha value is -3.21. The number of fused-ring (bicyclic) bond motifs is 2. The molecule has 0 spiro atoms. The molecule has 0 radical (unpaired) electrons. The van der Waals surface area contributed by atoms with Gasteiger partial charge < -0.3 is 4.52 Å². The standard InChI is InChI=1S/C18H11N3O2/c22-18-13-5-2-1-4-12(13)17-16-14(18)6-3-7-15(16)21(19-17)10-11-8-9-23-20-11/h1-9H,10H2. The summed E-state index contributed by atoms with van der Waals surface area (Å²) < 4.78 is 6.77. The van der Waals surface area contributed by atoms with Gasteiger partial charge in [0.05, 0.1) is 12.1 Å². The minimum Gasteiger partial charge on any atom is -0.364 e. The van der Waals surface area contributed by atoms with E-state index in [0.717, 1.165) is 27.9 Å². The molecule has 2 aromatic carbocycles. The van der Waals surface area contributed by atoms with Crippen molar-refractivity contribution in [3.63, 3.8) is 0 Å². The predicted molar refractivity (Wildman–Crippen MR) is 84.2 cm³/mol. The topological polar surface area (TPSA) is 60.9 Å². The normalized spacial score (nSPS) is 12.6. The predicted octanol–water partition coefficient (Wildman–Crippen LogP) is 3.28. The summed E-state index contributed by atoms with van der Waals surface area (Å²) in [5.41, 5.74) is 4.89. The highest BCUT2D eigenvalue weighted by Crippen LogP contribution is 2.38. The first-order chi connectivity index (χ1) is 11.3. The highest BCUT2D eigenvalue weighted by molar-refractivity contribution is 6.25. The molecule has 4 aromatic rings. The molecule has 5 heteroatoms. The van der Waals surface area contributed by atoms with Crippen molar-refractivity contribution in [2.75, 3.05) is 0 Å². The fourth-order valence-electron chi connectivity index (χ4n) is 3.23. The number of aromatic nitrogens is 3. The van der Waals surface area contributed by atoms with E-state index in [1.807, 2.05) is 53.2 Å². The minimum absolute atomic E-state index is 0.0553. The zero-order valence-corrected chi connectivity index (χ0v) is 12.1. The van der Waals surface area contributed by atoms with E-state index in [1.54, 1.807) is 6.26 Å². The van der Waals surface area contributed by atoms with Crippen LogP contribution in [0.1, 0.15) is 21.6 Å². The largest absolute Gasteiger partial charge is 0.364 e. The van der Waals surface area contributed by atoms with Crippen LogP contribution >= 0.6 is 0 Å². The van der Waals surface area contributed by atoms with E-state index in [1.165, 1.54) is 0 Å². The molecule has 1 aliphatic carbocycles. The van der Waals surface area contributed by atoms with Crippen LogP contribution in [-0.2, 0) is 6.54 Å². The molecule has 5 nitrogen and oxygen atoms in total. The molecule has 0 saturated carbocycles. The lowest BCUT2D eigenvalue weighted by Gasteiger charge is -2.13. The fourth-order valence-corrected chi connectivity index (χ4v) is 3.23. The van der Waals surface area contributed by atoms with E-state index in [0.29, 0.717) is 17.7 Å². The molecule has 0 fully saturated rings. The summed E-state index contributed by atoms with van der Waals surface area (Å²) >= 11 is 0. The Balaban J connectivity index is 1.83. The maximum absolute atomic E-state index is 12.8. The van der Waals surface area contributed by atoms with Crippen LogP contribution < -0.4 is 0 Å². The second-order valence-electron chi connectivity index (χ2n) is 5.57. The van der Waals surface area contributed by atoms with Crippen molar-refractivity contribution in [2.45, 2.75) is 6.54 Å². The Labute approximate surface area is 131 Å². The Bertz CT molecular complexity index is 1060. The van der Waals surface area contributed by atoms with Gasteiger partial charge in [0.15, 0.2) is 5.78 Å². The third kappa shape index (κ3) is 1.64. The van der Waals surface area contributed by atoms with E-state index >= 15 is 0 Å². The molecule has 2 aromatic heterocycles. The van der Waals surface area contributed by atoms with Crippen LogP contribution in [-0.4, -0.2) is 20.7 Å². The SMILES string of the molecule is O=C1c2ccccc2-c2nn(Cc3ccon3)c3cccc1c23. The minimum atomic E-state index is 0.0553. The maximum atomic E-state index is 12.8. The van der Waals surface area contributed by atoms with Crippen LogP contribution in [0.2, 0.25) is 0 Å². The number of nitrogens with zero attached hydrogens (tertiary/aromatic N) is 3. The smallest absolute Gasteiger partial charge is 0.194 e. The van der Waals surface area contributed by atoms with E-state index in [-0.39, 0.29) is 5.78 Å². The molecular formula is C18H11N3O2. The first kappa shape index (κ1) is 12.3. The average Bonchev–Trinajstić information content (AvgIpc) is 3.22. The lowest BCUT2D eigenvalue weighted by atomic mass is 9.87. The van der Waals surface area contributed by atoms with Crippen LogP contribution in [0.4, 0.5) is 0 Å². The lowest BCUT2D eigenvalue weighted by molar-refractivity contribution is 0.104. The first-order valence-electron chi connectivity index (χ1n) is 7.36. The van der Waals surface area contributed by atoms with Gasteiger partial charge in [0.2, 0.25) is 0 Å². The zero-order chi connectivity index (χ0) is 15.4. The zero-order valence-electron chi connectivity index (χ0n) is 12.1. The first-order valence-corrected chi connectivity index (χ1v) is 7.36. The molecule has 1 aliphatic rings. The molecule has 0 amide bonds. The van der Waals surface area contributed by atoms with Crippen LogP contribution in [0.25, 0.3) is 22.2 Å². The Morgan fingerprint density at radius 3 is 2.61 bits per heavy atom. The summed E-state index contributed by atoms with van der Waals surface area (Å²) in [7, 11) is 0. The monoisotopic (exact) mass is 301 g/mol. The van der Waals surface area contributed by atoms with Gasteiger partial charge >= 0.3 is 0 Å². The van der Waals surface area contributed by atoms with Gasteiger partial charge in [-0.05, 0) is 6.07 Å². The number of carbonyl (C=O) groups is 1. The molecule has 0 atom stereocenters. The molecule has 0 unspecified atom stereocenters. The van der Waals surface area contributed by atoms with E-state index in [4.69, 9.17) is 9.62 Å². The number of hydrogen-bond acceptors (Lipinski definition) is 4. The van der Waals surface area contributed by atoms with Gasteiger partial charge in [-0.2, -0.15) is 5.10 Å². The maximum Gasteiger partial charge on any atom is 0.194 e. The Morgan fingerprint density at radius 1 is 0.957 bits per heavy atom. The second kappa shape index (κ2) is 4.39. The van der Waals surface area contributed by atoms with Gasteiger partial charge in [-0.3, -0.25) is 9.48 Å². The summed E-state index contributed by atoms with van der Waals surface area (Å²) in [5.74, 6) is 0.0553. The van der Waals surface area contributed by atoms with E-state index in [9.17, 15) is 4.79 Å². The van der Waals surface area contributed by atoms with Crippen LogP contribution in [0.3, 0.4) is 0 Å². The van der Waals surface area contributed by atoms with Crippen LogP contribution in [0.5, 0.6) is 0 Å². The molecule has 0 N–H and O–H groups in total. The second-order valence-corrected chi connectivity index (χ2v) is 5.57. The van der Waals surface area contributed by atoms with Crippen LogP contribution in [0.15, 0.2) is 59.3 Å². The van der Waals surface area contributed by atoms with Crippen molar-refractivity contribution in [1.29, 1.82) is 0 Å². The summed E-state index contributed by atoms with van der Waals surface area (Å²) in [4.78, 5) is 12.8. The van der Waals surface area contributed by atoms with Gasteiger partial charge in [0, 0.05) is 28.1 Å². The summed E-state index contributed by atoms with van der Waals surface area (Å²) in [6, 6.07) is 15.2. The quantitative estimate of drug-likeness (QED) is 0.502. The number of rotatable bonds is 2. The third-order valence-electron chi connectivity index (χ3n) is 4.25. The van der Waals surface area contributed by atoms with Crippen molar-refractivity contribution >= 4 is 16.7 Å². The molecule has 23 heavy (non-hydrogen) atoms. The Morgan fingerprint density at radius 2 is 1.78 bits per heavy atom. The molecular weight excluding hydrogens is 290 g/mol. The number of ketones is 1. The van der Waals surface area contributed by atoms with Crippen molar-refractivity contribution in [3.8, 4) is 11.3 Å². The van der Waals surface area contributed by atoms with Gasteiger partial charge in [-0.25, -0.2) is 0 Å². The third-order valence-corrected chi connectivity index (χ3v) is 4.25. The summed E-state index contributed by atoms with van der Waals surface area (Å²) in [6.45, 7) is 0.507. The van der Waals surface area contributed by atoms with Crippen molar-refractivity contribution in [2.24, 2.45) is 0 Å². The fraction of sp³-hybridized carbons (Fsp3) is 0.0556. The molecule has 110 valence electrons. The van der Waals surface area contributed by atoms with Gasteiger partial charge in [-0.15, -0.1) is 0 Å². The van der Waals surface area contributed by atoms with Gasteiger partial charge in [-0.1, -0.05) is 41.6 Å². The highest BCUT2D eigenvalue weighted by atomic mass is 16.5. The molecule has 0 aliphatic heterocycles. The van der Waals surface area contributed by atoms with Crippen molar-refractivity contribution < 1.29 is 9.32 Å². The van der Waals surface area contributed by atoms with Crippen molar-refractivity contribution in [1.82, 2.24) is 14.9 Å². The van der Waals surface area contributed by atoms with E-state index < -0.39 is 0 Å². The molecule has 0 saturated heterocycles. The summed E-state index contributed by atoms with van der Waals surface area (Å²) in [6.07, 6.45) is 1.55. The van der Waals surface area contributed by atoms with Gasteiger partial charge in [0.1, 0.15) is 17.7 Å². The molecule has 0 bridgehead atoms. The van der Waals surface area contributed by atoms with E-state index in [2.05, 4.69) is 5.16 Å². The highest BCUT2D eigenvalue weighted by Gasteiger charge is 2.28. The Kier molecular flexibility index (Phi) is 2.36. The molecule has 5 rings (SSSR count). The van der Waals surface area contributed by atoms with Crippen molar-refractivity contribution in [3.05, 3.63) is 71.6 Å². The lowest BCUT2D eigenvalue weighted by Crippen LogP contribution is -2.08. The van der Waals surface area contributed by atoms with Gasteiger partial charge in [0.25, 0.3) is 0 Å². The summed E-state index contributed by atoms with van der Waals surface area (Å²) in [5, 5.41) is 9.62. The van der Waals surface area contributed by atoms with Crippen LogP contribution in [0, 0.1) is 0 Å². The number of carbonyl (C=O) groups excluding carboxylic acids is 1. The average molecular weight is 301 g/mol. The number of hydrogen-bond donors (Lipinski definition) is 0.